The van der Waals surface area contributed by atoms with Gasteiger partial charge in [-0.25, -0.2) is 0 Å². The number of nitrogens with one attached hydrogen (secondary N) is 2. The second kappa shape index (κ2) is 6.31. The number of aromatic nitrogens is 4. The van der Waals surface area contributed by atoms with E-state index in [9.17, 15) is 4.79 Å². The van der Waals surface area contributed by atoms with Crippen LogP contribution in [-0.2, 0) is 11.3 Å². The predicted molar refractivity (Wildman–Crippen MR) is 71.5 cm³/mol. The summed E-state index contributed by atoms with van der Waals surface area (Å²) in [4.78, 5) is 11.5. The highest BCUT2D eigenvalue weighted by Crippen LogP contribution is 2.22. The molecule has 0 spiro atoms. The Morgan fingerprint density at radius 3 is 2.89 bits per heavy atom. The third-order valence-electron chi connectivity index (χ3n) is 2.18. The summed E-state index contributed by atoms with van der Waals surface area (Å²) < 4.78 is 0. The monoisotopic (exact) mass is 297 g/mol. The van der Waals surface area contributed by atoms with E-state index in [1.165, 1.54) is 6.08 Å². The summed E-state index contributed by atoms with van der Waals surface area (Å²) in [6.07, 6.45) is 3.02. The second-order valence-electron chi connectivity index (χ2n) is 3.55. The predicted octanol–water partition coefficient (Wildman–Crippen LogP) is 1.84. The fraction of sp³-hybridized carbons (Fsp3) is 0.0909. The van der Waals surface area contributed by atoms with Crippen molar-refractivity contribution in [1.29, 1.82) is 0 Å². The van der Waals surface area contributed by atoms with Crippen LogP contribution in [0.1, 0.15) is 11.4 Å². The first kappa shape index (κ1) is 13.5. The first-order valence-electron chi connectivity index (χ1n) is 5.28. The lowest BCUT2D eigenvalue weighted by atomic mass is 10.2. The number of rotatable bonds is 4. The molecule has 0 fully saturated rings. The van der Waals surface area contributed by atoms with Gasteiger partial charge in [-0.15, -0.1) is 10.2 Å². The van der Waals surface area contributed by atoms with Gasteiger partial charge >= 0.3 is 0 Å². The van der Waals surface area contributed by atoms with Gasteiger partial charge in [0.1, 0.15) is 0 Å². The summed E-state index contributed by atoms with van der Waals surface area (Å²) in [7, 11) is 0. The van der Waals surface area contributed by atoms with Crippen LogP contribution in [0, 0.1) is 0 Å². The van der Waals surface area contributed by atoms with Gasteiger partial charge in [0.2, 0.25) is 5.91 Å². The summed E-state index contributed by atoms with van der Waals surface area (Å²) in [6.45, 7) is 0.209. The van der Waals surface area contributed by atoms with E-state index in [0.717, 1.165) is 5.56 Å². The minimum Gasteiger partial charge on any atom is -0.345 e. The van der Waals surface area contributed by atoms with Crippen LogP contribution < -0.4 is 5.32 Å². The molecule has 19 heavy (non-hydrogen) atoms. The van der Waals surface area contributed by atoms with Crippen molar-refractivity contribution in [3.8, 4) is 0 Å². The van der Waals surface area contributed by atoms with Crippen LogP contribution in [0.4, 0.5) is 0 Å². The van der Waals surface area contributed by atoms with Crippen LogP contribution in [0.5, 0.6) is 0 Å². The summed E-state index contributed by atoms with van der Waals surface area (Å²) in [5.74, 6) is 0.146. The molecule has 0 saturated carbocycles. The molecule has 2 aromatic rings. The van der Waals surface area contributed by atoms with Crippen LogP contribution in [-0.4, -0.2) is 26.5 Å². The Morgan fingerprint density at radius 2 is 2.21 bits per heavy atom. The second-order valence-corrected chi connectivity index (χ2v) is 4.37. The summed E-state index contributed by atoms with van der Waals surface area (Å²) in [6, 6.07) is 5.10. The number of halogens is 2. The molecule has 2 N–H and O–H groups in total. The number of carbonyl (C=O) groups excluding carboxylic acids is 1. The van der Waals surface area contributed by atoms with Crippen LogP contribution in [0.2, 0.25) is 10.0 Å². The largest absolute Gasteiger partial charge is 0.345 e. The molecular weight excluding hydrogens is 289 g/mol. The van der Waals surface area contributed by atoms with Crippen LogP contribution in [0.15, 0.2) is 24.3 Å². The van der Waals surface area contributed by atoms with E-state index >= 15 is 0 Å². The van der Waals surface area contributed by atoms with Crippen LogP contribution in [0.3, 0.4) is 0 Å². The molecule has 1 amide bonds. The fourth-order valence-corrected chi connectivity index (χ4v) is 1.58. The molecule has 1 heterocycles. The first-order chi connectivity index (χ1) is 9.15. The van der Waals surface area contributed by atoms with E-state index in [1.807, 2.05) is 0 Å². The molecule has 0 bridgehead atoms. The van der Waals surface area contributed by atoms with E-state index in [4.69, 9.17) is 23.2 Å². The number of benzene rings is 1. The quantitative estimate of drug-likeness (QED) is 0.844. The third-order valence-corrected chi connectivity index (χ3v) is 2.92. The summed E-state index contributed by atoms with van der Waals surface area (Å²) >= 11 is 11.7. The average molecular weight is 298 g/mol. The van der Waals surface area contributed by atoms with Gasteiger partial charge in [0.05, 0.1) is 16.6 Å². The van der Waals surface area contributed by atoms with E-state index < -0.39 is 0 Å². The maximum atomic E-state index is 11.5. The summed E-state index contributed by atoms with van der Waals surface area (Å²) in [5, 5.41) is 16.6. The molecule has 98 valence electrons. The topological polar surface area (TPSA) is 83.6 Å². The smallest absolute Gasteiger partial charge is 0.244 e. The molecule has 0 radical (unpaired) electrons. The number of tetrazole rings is 1. The van der Waals surface area contributed by atoms with E-state index in [1.54, 1.807) is 24.3 Å². The molecule has 0 atom stereocenters. The molecule has 0 aliphatic rings. The first-order valence-corrected chi connectivity index (χ1v) is 6.04. The van der Waals surface area contributed by atoms with Crippen molar-refractivity contribution < 1.29 is 4.79 Å². The Labute approximate surface area is 118 Å². The van der Waals surface area contributed by atoms with Crippen molar-refractivity contribution in [2.75, 3.05) is 0 Å². The number of H-pyrrole nitrogens is 1. The molecule has 2 rings (SSSR count). The fourth-order valence-electron chi connectivity index (χ4n) is 1.27. The molecule has 1 aromatic carbocycles. The maximum Gasteiger partial charge on any atom is 0.244 e. The highest BCUT2D eigenvalue weighted by Gasteiger charge is 2.01. The van der Waals surface area contributed by atoms with Gasteiger partial charge in [-0.3, -0.25) is 4.79 Å². The number of hydrogen-bond acceptors (Lipinski definition) is 4. The molecular formula is C11H9Cl2N5O. The number of amides is 1. The highest BCUT2D eigenvalue weighted by atomic mass is 35.5. The van der Waals surface area contributed by atoms with Gasteiger partial charge in [0.15, 0.2) is 5.82 Å². The Hall–Kier alpha value is -1.92. The van der Waals surface area contributed by atoms with Crippen LogP contribution >= 0.6 is 23.2 Å². The molecule has 8 heteroatoms. The van der Waals surface area contributed by atoms with E-state index in [-0.39, 0.29) is 12.5 Å². The zero-order valence-corrected chi connectivity index (χ0v) is 11.1. The lowest BCUT2D eigenvalue weighted by molar-refractivity contribution is -0.116. The van der Waals surface area contributed by atoms with E-state index in [0.29, 0.717) is 15.9 Å². The Morgan fingerprint density at radius 1 is 1.37 bits per heavy atom. The highest BCUT2D eigenvalue weighted by molar-refractivity contribution is 6.42. The minimum atomic E-state index is -0.268. The van der Waals surface area contributed by atoms with Crippen molar-refractivity contribution in [2.45, 2.75) is 6.54 Å². The standard InChI is InChI=1S/C11H9Cl2N5O/c12-8-3-1-7(5-9(8)13)2-4-11(19)14-6-10-15-17-18-16-10/h1-5H,6H2,(H,14,19)(H,15,16,17,18). The Kier molecular flexibility index (Phi) is 4.48. The Bertz CT molecular complexity index is 597. The maximum absolute atomic E-state index is 11.5. The average Bonchev–Trinajstić information content (AvgIpc) is 2.91. The zero-order valence-electron chi connectivity index (χ0n) is 9.60. The van der Waals surface area contributed by atoms with Crippen molar-refractivity contribution in [1.82, 2.24) is 25.9 Å². The molecule has 0 unspecified atom stereocenters. The third kappa shape index (κ3) is 4.04. The van der Waals surface area contributed by atoms with Crippen LogP contribution in [0.25, 0.3) is 6.08 Å². The number of aromatic amines is 1. The SMILES string of the molecule is O=C(C=Cc1ccc(Cl)c(Cl)c1)NCc1nn[nH]n1. The minimum absolute atomic E-state index is 0.209. The van der Waals surface area contributed by atoms with Gasteiger partial charge in [-0.2, -0.15) is 5.21 Å². The van der Waals surface area contributed by atoms with Crippen molar-refractivity contribution in [3.63, 3.8) is 0 Å². The summed E-state index contributed by atoms with van der Waals surface area (Å²) in [5.41, 5.74) is 0.782. The number of nitrogens with zero attached hydrogens (tertiary/aromatic N) is 3. The van der Waals surface area contributed by atoms with Gasteiger partial charge in [0.25, 0.3) is 0 Å². The van der Waals surface area contributed by atoms with Crippen molar-refractivity contribution in [3.05, 3.63) is 45.7 Å². The molecule has 0 aliphatic heterocycles. The van der Waals surface area contributed by atoms with Crippen molar-refractivity contribution in [2.24, 2.45) is 0 Å². The van der Waals surface area contributed by atoms with Gasteiger partial charge in [-0.05, 0) is 23.8 Å². The molecule has 6 nitrogen and oxygen atoms in total. The Balaban J connectivity index is 1.90. The molecule has 0 saturated heterocycles. The normalized spacial score (nSPS) is 10.8. The van der Waals surface area contributed by atoms with E-state index in [2.05, 4.69) is 25.9 Å². The lowest BCUT2D eigenvalue weighted by Gasteiger charge is -1.98. The number of carbonyl (C=O) groups is 1. The molecule has 1 aromatic heterocycles. The van der Waals surface area contributed by atoms with Gasteiger partial charge < -0.3 is 5.32 Å². The van der Waals surface area contributed by atoms with Gasteiger partial charge in [0, 0.05) is 6.08 Å². The molecule has 0 aliphatic carbocycles. The van der Waals surface area contributed by atoms with Gasteiger partial charge in [-0.1, -0.05) is 34.5 Å². The zero-order chi connectivity index (χ0) is 13.7. The van der Waals surface area contributed by atoms with Crippen molar-refractivity contribution >= 4 is 35.2 Å². The lowest BCUT2D eigenvalue weighted by Crippen LogP contribution is -2.20. The number of hydrogen-bond donors (Lipinski definition) is 2.